The van der Waals surface area contributed by atoms with Gasteiger partial charge in [0.15, 0.2) is 0 Å². The fourth-order valence-corrected chi connectivity index (χ4v) is 6.56. The van der Waals surface area contributed by atoms with Gasteiger partial charge >= 0.3 is 0 Å². The third kappa shape index (κ3) is 7.00. The molecule has 10 nitrogen and oxygen atoms in total. The number of benzene rings is 2. The number of carbonyl (C=O) groups excluding carboxylic acids is 2. The smallest absolute Gasteiger partial charge is 0.272 e. The van der Waals surface area contributed by atoms with E-state index in [0.717, 1.165) is 57.2 Å². The number of H-pyrrole nitrogens is 1. The lowest BCUT2D eigenvalue weighted by Gasteiger charge is -2.38. The minimum Gasteiger partial charge on any atom is -0.375 e. The molecule has 44 heavy (non-hydrogen) atoms. The summed E-state index contributed by atoms with van der Waals surface area (Å²) in [5.41, 5.74) is 1.09. The molecule has 1 aromatic heterocycles. The zero-order chi connectivity index (χ0) is 30.6. The summed E-state index contributed by atoms with van der Waals surface area (Å²) in [6, 6.07) is 11.7. The van der Waals surface area contributed by atoms with Crippen molar-refractivity contribution >= 4 is 22.6 Å². The van der Waals surface area contributed by atoms with Crippen molar-refractivity contribution in [2.75, 3.05) is 66.0 Å². The van der Waals surface area contributed by atoms with Gasteiger partial charge in [-0.05, 0) is 56.5 Å². The summed E-state index contributed by atoms with van der Waals surface area (Å²) in [6.07, 6.45) is 5.04. The van der Waals surface area contributed by atoms with Crippen LogP contribution in [0.1, 0.15) is 47.3 Å². The van der Waals surface area contributed by atoms with Crippen molar-refractivity contribution in [3.63, 3.8) is 0 Å². The number of aromatic nitrogens is 2. The molecule has 3 aromatic rings. The van der Waals surface area contributed by atoms with E-state index in [-0.39, 0.29) is 29.0 Å². The summed E-state index contributed by atoms with van der Waals surface area (Å²) in [5.74, 6) is -0.900. The number of rotatable bonds is 7. The Balaban J connectivity index is 0.992. The zero-order valence-electron chi connectivity index (χ0n) is 25.3. The maximum Gasteiger partial charge on any atom is 0.272 e. The fourth-order valence-electron chi connectivity index (χ4n) is 6.56. The van der Waals surface area contributed by atoms with E-state index in [4.69, 9.17) is 4.74 Å². The van der Waals surface area contributed by atoms with Crippen LogP contribution in [-0.2, 0) is 16.0 Å². The summed E-state index contributed by atoms with van der Waals surface area (Å²) in [7, 11) is 2.15. The van der Waals surface area contributed by atoms with Crippen molar-refractivity contribution in [3.05, 3.63) is 75.5 Å². The Morgan fingerprint density at radius 1 is 0.886 bits per heavy atom. The van der Waals surface area contributed by atoms with Crippen LogP contribution in [0, 0.1) is 5.82 Å². The first kappa shape index (κ1) is 30.4. The standard InChI is InChI=1S/C33H41FN6O4/c1-37-12-8-24(9-13-37)44-25-10-14-38(15-11-25)22-31(41)39-16-18-40(19-17-39)33(43)28-20-23(6-7-29(28)34)21-30-26-4-2-3-5-27(26)32(42)36-35-30/h2-7,20,24-25H,8-19,21-22H2,1H3,(H,36,42). The first-order chi connectivity index (χ1) is 21.3. The Morgan fingerprint density at radius 3 is 2.23 bits per heavy atom. The van der Waals surface area contributed by atoms with Gasteiger partial charge in [-0.3, -0.25) is 19.3 Å². The molecule has 4 heterocycles. The number of hydrogen-bond acceptors (Lipinski definition) is 7. The second-order valence-corrected chi connectivity index (χ2v) is 12.3. The van der Waals surface area contributed by atoms with E-state index in [2.05, 4.69) is 27.0 Å². The van der Waals surface area contributed by atoms with Crippen LogP contribution in [0.15, 0.2) is 47.3 Å². The lowest BCUT2D eigenvalue weighted by atomic mass is 10.0. The minimum atomic E-state index is -0.584. The molecule has 0 bridgehead atoms. The molecule has 11 heteroatoms. The Kier molecular flexibility index (Phi) is 9.34. The second kappa shape index (κ2) is 13.5. The van der Waals surface area contributed by atoms with E-state index >= 15 is 0 Å². The SMILES string of the molecule is CN1CCC(OC2CCN(CC(=O)N3CCN(C(=O)c4cc(Cc5n[nH]c(=O)c6ccccc56)ccc4F)CC3)CC2)CC1. The number of nitrogens with one attached hydrogen (secondary N) is 1. The van der Waals surface area contributed by atoms with E-state index in [0.29, 0.717) is 61.9 Å². The number of amides is 2. The maximum atomic E-state index is 14.9. The highest BCUT2D eigenvalue weighted by atomic mass is 19.1. The Hall–Kier alpha value is -3.67. The van der Waals surface area contributed by atoms with Crippen LogP contribution in [0.5, 0.6) is 0 Å². The van der Waals surface area contributed by atoms with Crippen molar-refractivity contribution in [2.24, 2.45) is 0 Å². The molecule has 3 aliphatic heterocycles. The number of halogens is 1. The van der Waals surface area contributed by atoms with E-state index < -0.39 is 5.82 Å². The second-order valence-electron chi connectivity index (χ2n) is 12.3. The lowest BCUT2D eigenvalue weighted by Crippen LogP contribution is -2.53. The van der Waals surface area contributed by atoms with Crippen molar-refractivity contribution in [2.45, 2.75) is 44.3 Å². The molecule has 0 saturated carbocycles. The number of ether oxygens (including phenoxy) is 1. The summed E-state index contributed by atoms with van der Waals surface area (Å²) in [6.45, 7) is 5.81. The number of piperazine rings is 1. The normalized spacial score (nSPS) is 19.5. The first-order valence-electron chi connectivity index (χ1n) is 15.7. The van der Waals surface area contributed by atoms with Crippen molar-refractivity contribution < 1.29 is 18.7 Å². The lowest BCUT2D eigenvalue weighted by molar-refractivity contribution is -0.135. The van der Waals surface area contributed by atoms with Crippen molar-refractivity contribution in [3.8, 4) is 0 Å². The number of hydrogen-bond donors (Lipinski definition) is 1. The van der Waals surface area contributed by atoms with Gasteiger partial charge in [-0.2, -0.15) is 5.10 Å². The summed E-state index contributed by atoms with van der Waals surface area (Å²) < 4.78 is 21.2. The van der Waals surface area contributed by atoms with Crippen molar-refractivity contribution in [1.29, 1.82) is 0 Å². The molecule has 0 unspecified atom stereocenters. The number of nitrogens with zero attached hydrogens (tertiary/aromatic N) is 5. The highest BCUT2D eigenvalue weighted by Crippen LogP contribution is 2.22. The van der Waals surface area contributed by atoms with E-state index in [1.807, 2.05) is 17.0 Å². The Bertz CT molecular complexity index is 1540. The quantitative estimate of drug-likeness (QED) is 0.442. The van der Waals surface area contributed by atoms with Gasteiger partial charge < -0.3 is 19.4 Å². The van der Waals surface area contributed by atoms with E-state index in [9.17, 15) is 18.8 Å². The van der Waals surface area contributed by atoms with Gasteiger partial charge in [0.05, 0.1) is 35.4 Å². The van der Waals surface area contributed by atoms with Crippen molar-refractivity contribution in [1.82, 2.24) is 29.8 Å². The molecule has 3 fully saturated rings. The van der Waals surface area contributed by atoms with E-state index in [1.54, 1.807) is 29.2 Å². The first-order valence-corrected chi connectivity index (χ1v) is 15.7. The highest BCUT2D eigenvalue weighted by molar-refractivity contribution is 5.95. The largest absolute Gasteiger partial charge is 0.375 e. The van der Waals surface area contributed by atoms with Gasteiger partial charge in [-0.15, -0.1) is 0 Å². The number of likely N-dealkylation sites (tertiary alicyclic amines) is 2. The van der Waals surface area contributed by atoms with Gasteiger partial charge in [-0.25, -0.2) is 9.49 Å². The topological polar surface area (TPSA) is 102 Å². The summed E-state index contributed by atoms with van der Waals surface area (Å²) >= 11 is 0. The molecule has 2 aromatic carbocycles. The van der Waals surface area contributed by atoms with Gasteiger partial charge in [0, 0.05) is 64.2 Å². The molecule has 0 radical (unpaired) electrons. The van der Waals surface area contributed by atoms with Crippen LogP contribution in [0.3, 0.4) is 0 Å². The number of aromatic amines is 1. The fraction of sp³-hybridized carbons (Fsp3) is 0.515. The number of carbonyl (C=O) groups is 2. The molecule has 3 aliphatic rings. The third-order valence-corrected chi connectivity index (χ3v) is 9.27. The van der Waals surface area contributed by atoms with Crippen LogP contribution in [-0.4, -0.2) is 120 Å². The summed E-state index contributed by atoms with van der Waals surface area (Å²) in [5, 5.41) is 7.99. The Morgan fingerprint density at radius 2 is 1.52 bits per heavy atom. The Labute approximate surface area is 256 Å². The molecular formula is C33H41FN6O4. The van der Waals surface area contributed by atoms with Crippen LogP contribution < -0.4 is 5.56 Å². The monoisotopic (exact) mass is 604 g/mol. The predicted octanol–water partition coefficient (Wildman–Crippen LogP) is 2.51. The average molecular weight is 605 g/mol. The predicted molar refractivity (Wildman–Crippen MR) is 165 cm³/mol. The summed E-state index contributed by atoms with van der Waals surface area (Å²) in [4.78, 5) is 46.6. The van der Waals surface area contributed by atoms with Crippen LogP contribution in [0.25, 0.3) is 10.8 Å². The van der Waals surface area contributed by atoms with Crippen LogP contribution in [0.4, 0.5) is 4.39 Å². The molecule has 234 valence electrons. The minimum absolute atomic E-state index is 0.00124. The van der Waals surface area contributed by atoms with Crippen LogP contribution >= 0.6 is 0 Å². The zero-order valence-corrected chi connectivity index (χ0v) is 25.3. The molecule has 6 rings (SSSR count). The average Bonchev–Trinajstić information content (AvgIpc) is 3.05. The highest BCUT2D eigenvalue weighted by Gasteiger charge is 2.30. The molecule has 0 spiro atoms. The molecule has 3 saturated heterocycles. The van der Waals surface area contributed by atoms with E-state index in [1.165, 1.54) is 6.07 Å². The van der Waals surface area contributed by atoms with Gasteiger partial charge in [-0.1, -0.05) is 24.3 Å². The van der Waals surface area contributed by atoms with Gasteiger partial charge in [0.1, 0.15) is 5.82 Å². The molecular weight excluding hydrogens is 563 g/mol. The number of fused-ring (bicyclic) bond motifs is 1. The molecule has 0 atom stereocenters. The molecule has 1 N–H and O–H groups in total. The van der Waals surface area contributed by atoms with Gasteiger partial charge in [0.2, 0.25) is 5.91 Å². The third-order valence-electron chi connectivity index (χ3n) is 9.27. The van der Waals surface area contributed by atoms with Gasteiger partial charge in [0.25, 0.3) is 11.5 Å². The number of piperidine rings is 2. The molecule has 0 aliphatic carbocycles. The maximum absolute atomic E-state index is 14.9. The molecule has 2 amide bonds. The van der Waals surface area contributed by atoms with Crippen LogP contribution in [0.2, 0.25) is 0 Å².